The van der Waals surface area contributed by atoms with Crippen molar-refractivity contribution in [3.63, 3.8) is 0 Å². The molecule has 2 aliphatic rings. The number of nitrogens with two attached hydrogens (primary N) is 1. The summed E-state index contributed by atoms with van der Waals surface area (Å²) in [5, 5.41) is 21.5. The minimum absolute atomic E-state index is 0.0742. The van der Waals surface area contributed by atoms with Gasteiger partial charge < -0.3 is 26.0 Å². The van der Waals surface area contributed by atoms with Crippen LogP contribution in [0.2, 0.25) is 0 Å². The first-order chi connectivity index (χ1) is 8.79. The number of nitrogens with zero attached hydrogens (tertiary/aromatic N) is 2. The lowest BCUT2D eigenvalue weighted by Gasteiger charge is -2.26. The highest BCUT2D eigenvalue weighted by molar-refractivity contribution is 14.1. The van der Waals surface area contributed by atoms with E-state index < -0.39 is 9.48 Å². The highest BCUT2D eigenvalue weighted by Gasteiger charge is 2.36. The summed E-state index contributed by atoms with van der Waals surface area (Å²) in [6.07, 6.45) is 0.583. The third-order valence-electron chi connectivity index (χ3n) is 2.43. The van der Waals surface area contributed by atoms with Crippen molar-refractivity contribution in [2.75, 3.05) is 29.2 Å². The molecule has 1 fully saturated rings. The van der Waals surface area contributed by atoms with Crippen molar-refractivity contribution in [2.24, 2.45) is 0 Å². The Labute approximate surface area is 121 Å². The standard InChI is InChI=1S/C6H8IN5O3.C3H6O/c7-6(14,15)12-1-9-2-3(12)10-5(8)11-4(2)13;1-3-2-4-3/h9,14-15H,1H2,(H3,8,10,11,13);3H,2H2,1H3. The van der Waals surface area contributed by atoms with Gasteiger partial charge in [-0.2, -0.15) is 4.98 Å². The molecule has 1 aromatic rings. The SMILES string of the molecule is CC1CO1.Nc1nc2c(c(=O)[nH]1)NCN2C(O)(O)I. The van der Waals surface area contributed by atoms with E-state index in [2.05, 4.69) is 22.2 Å². The minimum Gasteiger partial charge on any atom is -0.373 e. The van der Waals surface area contributed by atoms with Crippen LogP contribution in [0.4, 0.5) is 17.5 Å². The van der Waals surface area contributed by atoms with E-state index in [-0.39, 0.29) is 24.1 Å². The molecule has 106 valence electrons. The Kier molecular flexibility index (Phi) is 3.85. The molecular weight excluding hydrogens is 369 g/mol. The Bertz CT molecular complexity index is 524. The first-order valence-corrected chi connectivity index (χ1v) is 6.53. The predicted octanol–water partition coefficient (Wildman–Crippen LogP) is -1.02. The summed E-state index contributed by atoms with van der Waals surface area (Å²) >= 11 is 1.40. The third-order valence-corrected chi connectivity index (χ3v) is 3.01. The number of nitrogens with one attached hydrogen (secondary N) is 2. The number of ether oxygens (including phenoxy) is 1. The Morgan fingerprint density at radius 3 is 2.68 bits per heavy atom. The van der Waals surface area contributed by atoms with Gasteiger partial charge in [0, 0.05) is 22.6 Å². The van der Waals surface area contributed by atoms with E-state index in [1.165, 1.54) is 22.6 Å². The normalized spacial score (nSPS) is 20.2. The zero-order valence-corrected chi connectivity index (χ0v) is 12.2. The smallest absolute Gasteiger partial charge is 0.304 e. The van der Waals surface area contributed by atoms with Crippen molar-refractivity contribution in [1.82, 2.24) is 9.97 Å². The zero-order valence-electron chi connectivity index (χ0n) is 10.1. The number of hydrogen-bond donors (Lipinski definition) is 5. The second-order valence-corrected chi connectivity index (χ2v) is 5.56. The number of epoxide rings is 1. The van der Waals surface area contributed by atoms with Crippen molar-refractivity contribution in [3.05, 3.63) is 10.4 Å². The number of nitrogen functional groups attached to an aromatic ring is 1. The average Bonchev–Trinajstić information content (AvgIpc) is 2.92. The molecule has 0 bridgehead atoms. The van der Waals surface area contributed by atoms with Crippen LogP contribution in [-0.2, 0) is 4.74 Å². The number of H-pyrrole nitrogens is 1. The molecule has 0 amide bonds. The van der Waals surface area contributed by atoms with E-state index in [1.807, 2.05) is 0 Å². The number of alkyl halides is 1. The Morgan fingerprint density at radius 1 is 1.63 bits per heavy atom. The number of aromatic amines is 1. The van der Waals surface area contributed by atoms with E-state index in [1.54, 1.807) is 0 Å². The van der Waals surface area contributed by atoms with Crippen LogP contribution in [0.5, 0.6) is 0 Å². The minimum atomic E-state index is -2.12. The molecule has 1 unspecified atom stereocenters. The molecule has 9 nitrogen and oxygen atoms in total. The van der Waals surface area contributed by atoms with Gasteiger partial charge in [0.1, 0.15) is 5.69 Å². The van der Waals surface area contributed by atoms with Gasteiger partial charge in [-0.3, -0.25) is 14.7 Å². The molecular formula is C9H14IN5O4. The number of aromatic nitrogens is 2. The van der Waals surface area contributed by atoms with E-state index in [0.717, 1.165) is 11.5 Å². The molecule has 0 aromatic carbocycles. The van der Waals surface area contributed by atoms with Crippen LogP contribution in [0, 0.1) is 0 Å². The first kappa shape index (κ1) is 14.3. The molecule has 19 heavy (non-hydrogen) atoms. The fraction of sp³-hybridized carbons (Fsp3) is 0.556. The topological polar surface area (TPSA) is 140 Å². The average molecular weight is 383 g/mol. The molecule has 6 N–H and O–H groups in total. The molecule has 0 aliphatic carbocycles. The van der Waals surface area contributed by atoms with Gasteiger partial charge in [-0.05, 0) is 6.92 Å². The monoisotopic (exact) mass is 383 g/mol. The molecule has 1 atom stereocenters. The van der Waals surface area contributed by atoms with Crippen LogP contribution in [-0.4, -0.2) is 43.5 Å². The van der Waals surface area contributed by atoms with Crippen LogP contribution < -0.4 is 21.5 Å². The summed E-state index contributed by atoms with van der Waals surface area (Å²) in [6, 6.07) is 0. The summed E-state index contributed by atoms with van der Waals surface area (Å²) in [7, 11) is 0. The number of aliphatic hydroxyl groups is 2. The Balaban J connectivity index is 0.000000284. The van der Waals surface area contributed by atoms with Crippen LogP contribution in [0.15, 0.2) is 4.79 Å². The van der Waals surface area contributed by atoms with Gasteiger partial charge in [0.25, 0.3) is 5.56 Å². The molecule has 2 aliphatic heterocycles. The number of fused-ring (bicyclic) bond motifs is 1. The fourth-order valence-electron chi connectivity index (χ4n) is 1.40. The molecule has 0 radical (unpaired) electrons. The summed E-state index contributed by atoms with van der Waals surface area (Å²) in [5.41, 5.74) is 5.08. The molecule has 3 heterocycles. The van der Waals surface area contributed by atoms with Gasteiger partial charge in [0.15, 0.2) is 5.82 Å². The van der Waals surface area contributed by atoms with Gasteiger partial charge in [0.05, 0.1) is 19.4 Å². The van der Waals surface area contributed by atoms with Crippen LogP contribution in [0.3, 0.4) is 0 Å². The largest absolute Gasteiger partial charge is 0.373 e. The number of anilines is 3. The maximum atomic E-state index is 11.4. The van der Waals surface area contributed by atoms with Gasteiger partial charge in [-0.15, -0.1) is 0 Å². The van der Waals surface area contributed by atoms with Crippen molar-refractivity contribution >= 4 is 40.0 Å². The van der Waals surface area contributed by atoms with E-state index >= 15 is 0 Å². The van der Waals surface area contributed by atoms with Crippen molar-refractivity contribution in [3.8, 4) is 0 Å². The van der Waals surface area contributed by atoms with E-state index in [0.29, 0.717) is 6.10 Å². The molecule has 0 spiro atoms. The lowest BCUT2D eigenvalue weighted by Crippen LogP contribution is -2.43. The zero-order chi connectivity index (χ0) is 14.2. The van der Waals surface area contributed by atoms with Gasteiger partial charge in [-0.25, -0.2) is 0 Å². The van der Waals surface area contributed by atoms with Crippen molar-refractivity contribution in [2.45, 2.75) is 16.9 Å². The van der Waals surface area contributed by atoms with Crippen LogP contribution >= 0.6 is 22.6 Å². The molecule has 1 aromatic heterocycles. The summed E-state index contributed by atoms with van der Waals surface area (Å²) in [5.74, 6) is 0.0451. The molecule has 3 rings (SSSR count). The second-order valence-electron chi connectivity index (χ2n) is 4.11. The summed E-state index contributed by atoms with van der Waals surface area (Å²) in [4.78, 5) is 18.6. The lowest BCUT2D eigenvalue weighted by atomic mass is 10.5. The quantitative estimate of drug-likeness (QED) is 0.137. The predicted molar refractivity (Wildman–Crippen MR) is 76.8 cm³/mol. The number of rotatable bonds is 1. The number of hydrogen-bond acceptors (Lipinski definition) is 8. The molecule has 0 saturated carbocycles. The van der Waals surface area contributed by atoms with Gasteiger partial charge in [0.2, 0.25) is 5.95 Å². The maximum Gasteiger partial charge on any atom is 0.304 e. The van der Waals surface area contributed by atoms with Crippen molar-refractivity contribution in [1.29, 1.82) is 0 Å². The number of halogens is 1. The van der Waals surface area contributed by atoms with Gasteiger partial charge in [-0.1, -0.05) is 0 Å². The maximum absolute atomic E-state index is 11.4. The van der Waals surface area contributed by atoms with Crippen LogP contribution in [0.1, 0.15) is 6.92 Å². The highest BCUT2D eigenvalue weighted by atomic mass is 127. The summed E-state index contributed by atoms with van der Waals surface area (Å²) < 4.78 is 2.59. The first-order valence-electron chi connectivity index (χ1n) is 5.45. The van der Waals surface area contributed by atoms with E-state index in [4.69, 9.17) is 10.5 Å². The Hall–Kier alpha value is -1.11. The highest BCUT2D eigenvalue weighted by Crippen LogP contribution is 2.32. The Morgan fingerprint density at radius 2 is 2.21 bits per heavy atom. The molecule has 1 saturated heterocycles. The summed E-state index contributed by atoms with van der Waals surface area (Å²) in [6.45, 7) is 3.12. The second kappa shape index (κ2) is 5.11. The lowest BCUT2D eigenvalue weighted by molar-refractivity contribution is -0.0575. The fourth-order valence-corrected chi connectivity index (χ4v) is 1.80. The van der Waals surface area contributed by atoms with Gasteiger partial charge >= 0.3 is 3.92 Å². The van der Waals surface area contributed by atoms with E-state index in [9.17, 15) is 15.0 Å². The van der Waals surface area contributed by atoms with Crippen molar-refractivity contribution < 1.29 is 14.9 Å². The third kappa shape index (κ3) is 3.46. The molecule has 10 heteroatoms. The van der Waals surface area contributed by atoms with Crippen LogP contribution in [0.25, 0.3) is 0 Å².